The molecule has 0 spiro atoms. The zero-order valence-corrected chi connectivity index (χ0v) is 38.1. The van der Waals surface area contributed by atoms with Crippen LogP contribution in [-0.2, 0) is 10.0 Å². The zero-order chi connectivity index (χ0) is 45.0. The Hall–Kier alpha value is -5.81. The van der Waals surface area contributed by atoms with Gasteiger partial charge in [-0.1, -0.05) is 43.2 Å². The van der Waals surface area contributed by atoms with Crippen LogP contribution in [0, 0.1) is 15.5 Å². The van der Waals surface area contributed by atoms with Crippen LogP contribution in [0.25, 0.3) is 33.3 Å². The van der Waals surface area contributed by atoms with E-state index in [2.05, 4.69) is 55.5 Å². The highest BCUT2D eigenvalue weighted by atomic mass is 35.5. The predicted octanol–water partition coefficient (Wildman–Crippen LogP) is 8.37. The Bertz CT molecular complexity index is 2950. The van der Waals surface area contributed by atoms with Crippen LogP contribution < -0.4 is 14.4 Å². The number of hydrogen-bond donors (Lipinski definition) is 2. The van der Waals surface area contributed by atoms with Crippen molar-refractivity contribution >= 4 is 66.5 Å². The Morgan fingerprint density at radius 2 is 1.74 bits per heavy atom. The number of anilines is 1. The molecule has 2 saturated heterocycles. The molecule has 15 nitrogen and oxygen atoms in total. The van der Waals surface area contributed by atoms with Crippen LogP contribution in [0.1, 0.15) is 74.7 Å². The Morgan fingerprint density at radius 3 is 2.48 bits per heavy atom. The summed E-state index contributed by atoms with van der Waals surface area (Å²) in [7, 11) is -4.59. The number of H-pyrrole nitrogens is 1. The highest BCUT2D eigenvalue weighted by Crippen LogP contribution is 2.43. The minimum Gasteiger partial charge on any atom is -0.483 e. The first kappa shape index (κ1) is 43.1. The molecule has 3 aromatic heterocycles. The third-order valence-electron chi connectivity index (χ3n) is 13.5. The van der Waals surface area contributed by atoms with Crippen molar-refractivity contribution in [2.75, 3.05) is 50.7 Å². The van der Waals surface area contributed by atoms with E-state index in [0.29, 0.717) is 28.4 Å². The number of ether oxygens (including phenoxy) is 1. The molecule has 338 valence electrons. The van der Waals surface area contributed by atoms with Crippen molar-refractivity contribution in [1.29, 1.82) is 0 Å². The monoisotopic (exact) mass is 917 g/mol. The van der Waals surface area contributed by atoms with E-state index >= 15 is 0 Å². The largest absolute Gasteiger partial charge is 0.483 e. The van der Waals surface area contributed by atoms with Crippen molar-refractivity contribution in [1.82, 2.24) is 34.3 Å². The molecular weight excluding hydrogens is 866 g/mol. The molecule has 0 atom stereocenters. The van der Waals surface area contributed by atoms with Crippen molar-refractivity contribution in [3.05, 3.63) is 117 Å². The lowest BCUT2D eigenvalue weighted by Gasteiger charge is -2.39. The molecule has 6 aromatic rings. The molecule has 0 radical (unpaired) electrons. The molecule has 1 amide bonds. The number of amides is 1. The molecule has 1 saturated carbocycles. The van der Waals surface area contributed by atoms with Crippen LogP contribution in [0.4, 0.5) is 11.4 Å². The van der Waals surface area contributed by atoms with Crippen molar-refractivity contribution < 1.29 is 22.9 Å². The summed E-state index contributed by atoms with van der Waals surface area (Å²) in [5.41, 5.74) is 7.01. The summed E-state index contributed by atoms with van der Waals surface area (Å²) in [6, 6.07) is 21.4. The normalized spacial score (nSPS) is 19.0. The Balaban J connectivity index is 0.902. The van der Waals surface area contributed by atoms with E-state index in [-0.39, 0.29) is 22.8 Å². The van der Waals surface area contributed by atoms with E-state index in [1.54, 1.807) is 23.1 Å². The van der Waals surface area contributed by atoms with Gasteiger partial charge in [-0.15, -0.1) is 0 Å². The molecule has 2 N–H and O–H groups in total. The molecule has 5 heterocycles. The first-order chi connectivity index (χ1) is 31.3. The van der Waals surface area contributed by atoms with Gasteiger partial charge < -0.3 is 19.5 Å². The topological polar surface area (TPSA) is 172 Å². The van der Waals surface area contributed by atoms with Gasteiger partial charge in [0.15, 0.2) is 5.75 Å². The van der Waals surface area contributed by atoms with Crippen LogP contribution in [0.2, 0.25) is 5.02 Å². The fourth-order valence-corrected chi connectivity index (χ4v) is 10.8. The number of nitrogens with one attached hydrogen (secondary N) is 2. The summed E-state index contributed by atoms with van der Waals surface area (Å²) in [6.07, 6.45) is 10.2. The molecule has 17 heteroatoms. The van der Waals surface area contributed by atoms with Crippen molar-refractivity contribution in [2.45, 2.75) is 75.8 Å². The smallest absolute Gasteiger partial charge is 0.312 e. The third-order valence-corrected chi connectivity index (χ3v) is 15.1. The number of benzene rings is 3. The maximum Gasteiger partial charge on any atom is 0.312 e. The average molecular weight is 919 g/mol. The second-order valence-corrected chi connectivity index (χ2v) is 20.8. The van der Waals surface area contributed by atoms with Gasteiger partial charge >= 0.3 is 5.69 Å². The van der Waals surface area contributed by atoms with Crippen molar-refractivity contribution in [3.63, 3.8) is 0 Å². The number of hydrogen-bond acceptors (Lipinski definition) is 11. The molecule has 2 aliphatic heterocycles. The van der Waals surface area contributed by atoms with E-state index < -0.39 is 31.4 Å². The zero-order valence-electron chi connectivity index (χ0n) is 36.5. The number of nitrogens with zero attached hydrogens (tertiary/aromatic N) is 7. The second kappa shape index (κ2) is 17.2. The van der Waals surface area contributed by atoms with E-state index in [0.717, 1.165) is 100 Å². The fourth-order valence-electron chi connectivity index (χ4n) is 9.72. The van der Waals surface area contributed by atoms with E-state index in [1.807, 2.05) is 36.4 Å². The summed E-state index contributed by atoms with van der Waals surface area (Å²) >= 11 is 6.26. The number of aromatic nitrogens is 4. The van der Waals surface area contributed by atoms with Crippen LogP contribution in [-0.4, -0.2) is 107 Å². The van der Waals surface area contributed by atoms with Gasteiger partial charge in [0, 0.05) is 80.2 Å². The number of rotatable bonds is 12. The summed E-state index contributed by atoms with van der Waals surface area (Å²) in [5, 5.41) is 18.5. The number of carbonyl (C=O) groups excluding carboxylic acids is 1. The van der Waals surface area contributed by atoms with Gasteiger partial charge in [-0.05, 0) is 116 Å². The molecule has 3 aromatic carbocycles. The molecule has 0 bridgehead atoms. The lowest BCUT2D eigenvalue weighted by Crippen LogP contribution is -2.47. The second-order valence-electron chi connectivity index (χ2n) is 18.7. The molecule has 4 aliphatic rings. The summed E-state index contributed by atoms with van der Waals surface area (Å²) in [5.74, 6) is -0.918. The average Bonchev–Trinajstić information content (AvgIpc) is 3.91. The van der Waals surface area contributed by atoms with Gasteiger partial charge in [0.25, 0.3) is 15.9 Å². The molecule has 0 unspecified atom stereocenters. The highest BCUT2D eigenvalue weighted by molar-refractivity contribution is 7.90. The number of fused-ring (bicyclic) bond motifs is 2. The van der Waals surface area contributed by atoms with Crippen LogP contribution >= 0.6 is 11.6 Å². The Morgan fingerprint density at radius 1 is 0.969 bits per heavy atom. The molecule has 3 fully saturated rings. The third kappa shape index (κ3) is 9.09. The number of piperazine rings is 1. The molecule has 10 rings (SSSR count). The van der Waals surface area contributed by atoms with Gasteiger partial charge in [0.05, 0.1) is 32.8 Å². The van der Waals surface area contributed by atoms with Gasteiger partial charge in [-0.25, -0.2) is 22.8 Å². The summed E-state index contributed by atoms with van der Waals surface area (Å²) < 4.78 is 37.7. The number of aromatic amines is 1. The quantitative estimate of drug-likeness (QED) is 0.0893. The first-order valence-electron chi connectivity index (χ1n) is 22.4. The number of allylic oxidation sites excluding steroid dienone is 1. The van der Waals surface area contributed by atoms with Gasteiger partial charge in [0.2, 0.25) is 0 Å². The van der Waals surface area contributed by atoms with Gasteiger partial charge in [-0.2, -0.15) is 5.10 Å². The minimum atomic E-state index is -4.59. The Kier molecular flexibility index (Phi) is 11.4. The number of carbonyl (C=O) groups is 1. The maximum absolute atomic E-state index is 14.2. The van der Waals surface area contributed by atoms with E-state index in [4.69, 9.17) is 21.3 Å². The van der Waals surface area contributed by atoms with Crippen LogP contribution in [0.15, 0.2) is 95.7 Å². The number of nitro groups is 1. The molecular formula is C48H52ClN9O6S. The number of halogens is 1. The van der Waals surface area contributed by atoms with Crippen LogP contribution in [0.3, 0.4) is 0 Å². The molecule has 2 aliphatic carbocycles. The highest BCUT2D eigenvalue weighted by Gasteiger charge is 2.34. The van der Waals surface area contributed by atoms with E-state index in [1.165, 1.54) is 41.7 Å². The summed E-state index contributed by atoms with van der Waals surface area (Å²) in [6.45, 7) is 10.4. The predicted molar refractivity (Wildman–Crippen MR) is 251 cm³/mol. The minimum absolute atomic E-state index is 0.00244. The summed E-state index contributed by atoms with van der Waals surface area (Å²) in [4.78, 5) is 40.4. The lowest BCUT2D eigenvalue weighted by molar-refractivity contribution is -0.386. The van der Waals surface area contributed by atoms with Gasteiger partial charge in [0.1, 0.15) is 17.3 Å². The molecule has 65 heavy (non-hydrogen) atoms. The number of sulfonamides is 1. The van der Waals surface area contributed by atoms with Crippen LogP contribution in [0.5, 0.6) is 5.75 Å². The standard InChI is InChI=1S/C48H52ClN9O6S/c1-48(2)17-13-33(40(28-48)31-3-5-34(49)6-4-31)30-54-21-23-56(24-22-54)36-9-11-39(42(26-36)57-43-25-32-14-18-50-46(32)52-41(43)29-51-57)47(59)53-65(62,63)38-10-12-45(44(27-38)58(60)61)64-37-15-19-55(20-16-37)35-7-8-35/h3-6,9-12,14,18,25-27,29,35,37H,7-8,13,15-17,19-24,28,30H2,1-2H3,(H,50,52)(H,53,59). The fraction of sp³-hybridized carbons (Fsp3) is 0.396. The van der Waals surface area contributed by atoms with Crippen molar-refractivity contribution in [2.24, 2.45) is 5.41 Å². The number of likely N-dealkylation sites (tertiary alicyclic amines) is 1. The van der Waals surface area contributed by atoms with Crippen molar-refractivity contribution in [3.8, 4) is 11.4 Å². The number of pyridine rings is 1. The Labute approximate surface area is 382 Å². The SMILES string of the molecule is CC1(C)CCC(CN2CCN(c3ccc(C(=O)NS(=O)(=O)c4ccc(OC5CCN(C6CC6)CC5)c([N+](=O)[O-])c4)c(-n4ncc5nc6[nH]ccc6cc54)c3)CC2)=C(c2ccc(Cl)cc2)C1. The number of piperidine rings is 1. The first-order valence-corrected chi connectivity index (χ1v) is 24.3. The van der Waals surface area contributed by atoms with Gasteiger partial charge in [-0.3, -0.25) is 19.8 Å². The lowest BCUT2D eigenvalue weighted by atomic mass is 9.72. The maximum atomic E-state index is 14.2. The van der Waals surface area contributed by atoms with E-state index in [9.17, 15) is 23.3 Å². The number of nitro benzene ring substituents is 1.